The predicted molar refractivity (Wildman–Crippen MR) is 84.5 cm³/mol. The number of halogens is 1. The van der Waals surface area contributed by atoms with Gasteiger partial charge in [0.1, 0.15) is 18.9 Å². The van der Waals surface area contributed by atoms with Crippen LogP contribution in [-0.4, -0.2) is 41.9 Å². The SMILES string of the molecule is CCN(CCC(=O)N(CC#N)CC#N)C(C)c1ccc(F)cc1. The van der Waals surface area contributed by atoms with Gasteiger partial charge in [-0.15, -0.1) is 0 Å². The lowest BCUT2D eigenvalue weighted by atomic mass is 10.1. The Labute approximate surface area is 136 Å². The van der Waals surface area contributed by atoms with E-state index >= 15 is 0 Å². The van der Waals surface area contributed by atoms with E-state index in [-0.39, 0.29) is 37.3 Å². The fraction of sp³-hybridized carbons (Fsp3) is 0.471. The lowest BCUT2D eigenvalue weighted by Gasteiger charge is -2.28. The lowest BCUT2D eigenvalue weighted by molar-refractivity contribution is -0.130. The molecule has 0 heterocycles. The molecule has 1 atom stereocenters. The van der Waals surface area contributed by atoms with Crippen molar-refractivity contribution in [2.24, 2.45) is 0 Å². The van der Waals surface area contributed by atoms with Crippen LogP contribution in [0.25, 0.3) is 0 Å². The Morgan fingerprint density at radius 3 is 2.26 bits per heavy atom. The van der Waals surface area contributed by atoms with Gasteiger partial charge in [0, 0.05) is 19.0 Å². The van der Waals surface area contributed by atoms with Crippen molar-refractivity contribution in [1.82, 2.24) is 9.80 Å². The molecule has 23 heavy (non-hydrogen) atoms. The van der Waals surface area contributed by atoms with Crippen molar-refractivity contribution in [3.8, 4) is 12.1 Å². The lowest BCUT2D eigenvalue weighted by Crippen LogP contribution is -2.36. The molecule has 1 unspecified atom stereocenters. The monoisotopic (exact) mass is 316 g/mol. The Hall–Kier alpha value is -2.44. The molecule has 1 amide bonds. The van der Waals surface area contributed by atoms with Crippen molar-refractivity contribution in [2.45, 2.75) is 26.3 Å². The normalized spacial score (nSPS) is 11.6. The summed E-state index contributed by atoms with van der Waals surface area (Å²) in [6, 6.07) is 10.2. The molecule has 1 aromatic rings. The van der Waals surface area contributed by atoms with Gasteiger partial charge in [-0.2, -0.15) is 10.5 Å². The molecule has 0 aliphatic rings. The zero-order valence-electron chi connectivity index (χ0n) is 13.5. The van der Waals surface area contributed by atoms with E-state index in [9.17, 15) is 9.18 Å². The smallest absolute Gasteiger partial charge is 0.225 e. The highest BCUT2D eigenvalue weighted by molar-refractivity contribution is 5.76. The van der Waals surface area contributed by atoms with Crippen molar-refractivity contribution in [2.75, 3.05) is 26.2 Å². The number of carbonyl (C=O) groups is 1. The molecule has 122 valence electrons. The van der Waals surface area contributed by atoms with Gasteiger partial charge in [-0.3, -0.25) is 9.69 Å². The van der Waals surface area contributed by atoms with Gasteiger partial charge in [0.2, 0.25) is 5.91 Å². The standard InChI is InChI=1S/C17H21FN4O/c1-3-21(14(2)15-4-6-16(18)7-5-15)11-8-17(23)22(12-9-19)13-10-20/h4-7,14H,3,8,11-13H2,1-2H3. The summed E-state index contributed by atoms with van der Waals surface area (Å²) in [5.41, 5.74) is 0.978. The van der Waals surface area contributed by atoms with Crippen LogP contribution in [0.5, 0.6) is 0 Å². The number of nitrogens with zero attached hydrogens (tertiary/aromatic N) is 4. The highest BCUT2D eigenvalue weighted by atomic mass is 19.1. The van der Waals surface area contributed by atoms with Gasteiger partial charge in [-0.05, 0) is 31.2 Å². The number of carbonyl (C=O) groups excluding carboxylic acids is 1. The Morgan fingerprint density at radius 1 is 1.22 bits per heavy atom. The van der Waals surface area contributed by atoms with Crippen LogP contribution < -0.4 is 0 Å². The molecule has 0 fully saturated rings. The van der Waals surface area contributed by atoms with Crippen molar-refractivity contribution in [3.05, 3.63) is 35.6 Å². The molecule has 0 bridgehead atoms. The van der Waals surface area contributed by atoms with Gasteiger partial charge in [-0.1, -0.05) is 19.1 Å². The van der Waals surface area contributed by atoms with Gasteiger partial charge < -0.3 is 4.90 Å². The van der Waals surface area contributed by atoms with E-state index in [4.69, 9.17) is 10.5 Å². The molecule has 0 N–H and O–H groups in total. The zero-order chi connectivity index (χ0) is 17.2. The van der Waals surface area contributed by atoms with E-state index in [0.717, 1.165) is 12.1 Å². The molecule has 0 saturated heterocycles. The molecule has 0 saturated carbocycles. The van der Waals surface area contributed by atoms with E-state index < -0.39 is 0 Å². The number of hydrogen-bond acceptors (Lipinski definition) is 4. The minimum atomic E-state index is -0.275. The van der Waals surface area contributed by atoms with Crippen LogP contribution in [0, 0.1) is 28.5 Å². The molecule has 6 heteroatoms. The molecular weight excluding hydrogens is 295 g/mol. The summed E-state index contributed by atoms with van der Waals surface area (Å²) in [6.07, 6.45) is 0.239. The summed E-state index contributed by atoms with van der Waals surface area (Å²) in [4.78, 5) is 15.4. The van der Waals surface area contributed by atoms with E-state index in [1.54, 1.807) is 12.1 Å². The molecule has 0 aliphatic carbocycles. The van der Waals surface area contributed by atoms with Crippen LogP contribution in [0.15, 0.2) is 24.3 Å². The van der Waals surface area contributed by atoms with Gasteiger partial charge in [0.15, 0.2) is 0 Å². The Morgan fingerprint density at radius 2 is 1.78 bits per heavy atom. The highest BCUT2D eigenvalue weighted by Gasteiger charge is 2.18. The molecule has 5 nitrogen and oxygen atoms in total. The largest absolute Gasteiger partial charge is 0.316 e. The maximum absolute atomic E-state index is 13.0. The molecule has 0 spiro atoms. The second kappa shape index (κ2) is 9.55. The third-order valence-corrected chi connectivity index (χ3v) is 3.80. The zero-order valence-corrected chi connectivity index (χ0v) is 13.5. The first kappa shape index (κ1) is 18.6. The van der Waals surface area contributed by atoms with E-state index in [1.165, 1.54) is 17.0 Å². The highest BCUT2D eigenvalue weighted by Crippen LogP contribution is 2.20. The van der Waals surface area contributed by atoms with Crippen molar-refractivity contribution < 1.29 is 9.18 Å². The Kier molecular flexibility index (Phi) is 7.73. The maximum atomic E-state index is 13.0. The predicted octanol–water partition coefficient (Wildman–Crippen LogP) is 2.47. The van der Waals surface area contributed by atoms with Crippen molar-refractivity contribution in [3.63, 3.8) is 0 Å². The first-order valence-electron chi connectivity index (χ1n) is 7.54. The number of amides is 1. The summed E-state index contributed by atoms with van der Waals surface area (Å²) in [5.74, 6) is -0.485. The van der Waals surface area contributed by atoms with Crippen LogP contribution in [0.3, 0.4) is 0 Å². The fourth-order valence-electron chi connectivity index (χ4n) is 2.38. The second-order valence-electron chi connectivity index (χ2n) is 5.17. The van der Waals surface area contributed by atoms with Crippen LogP contribution in [0.2, 0.25) is 0 Å². The molecule has 1 rings (SSSR count). The number of rotatable bonds is 8. The Balaban J connectivity index is 2.65. The summed E-state index contributed by atoms with van der Waals surface area (Å²) >= 11 is 0. The Bertz CT molecular complexity index is 572. The van der Waals surface area contributed by atoms with Crippen LogP contribution in [-0.2, 0) is 4.79 Å². The van der Waals surface area contributed by atoms with E-state index in [0.29, 0.717) is 6.54 Å². The van der Waals surface area contributed by atoms with Gasteiger partial charge >= 0.3 is 0 Å². The fourth-order valence-corrected chi connectivity index (χ4v) is 2.38. The molecule has 0 radical (unpaired) electrons. The van der Waals surface area contributed by atoms with Crippen molar-refractivity contribution in [1.29, 1.82) is 10.5 Å². The average Bonchev–Trinajstić information content (AvgIpc) is 2.55. The second-order valence-corrected chi connectivity index (χ2v) is 5.17. The van der Waals surface area contributed by atoms with Gasteiger partial charge in [0.05, 0.1) is 12.1 Å². The third kappa shape index (κ3) is 5.69. The molecule has 1 aromatic carbocycles. The first-order chi connectivity index (χ1) is 11.0. The summed E-state index contributed by atoms with van der Waals surface area (Å²) in [5, 5.41) is 17.4. The number of hydrogen-bond donors (Lipinski definition) is 0. The first-order valence-corrected chi connectivity index (χ1v) is 7.54. The van der Waals surface area contributed by atoms with Crippen LogP contribution in [0.1, 0.15) is 31.9 Å². The van der Waals surface area contributed by atoms with Crippen LogP contribution >= 0.6 is 0 Å². The average molecular weight is 316 g/mol. The minimum absolute atomic E-state index is 0.0498. The van der Waals surface area contributed by atoms with Crippen LogP contribution in [0.4, 0.5) is 4.39 Å². The molecular formula is C17H21FN4O. The van der Waals surface area contributed by atoms with E-state index in [2.05, 4.69) is 4.90 Å². The third-order valence-electron chi connectivity index (χ3n) is 3.80. The molecule has 0 aromatic heterocycles. The number of benzene rings is 1. The van der Waals surface area contributed by atoms with Gasteiger partial charge in [-0.25, -0.2) is 4.39 Å². The van der Waals surface area contributed by atoms with Crippen molar-refractivity contribution >= 4 is 5.91 Å². The van der Waals surface area contributed by atoms with Gasteiger partial charge in [0.25, 0.3) is 0 Å². The maximum Gasteiger partial charge on any atom is 0.225 e. The minimum Gasteiger partial charge on any atom is -0.316 e. The van der Waals surface area contributed by atoms with E-state index in [1.807, 2.05) is 26.0 Å². The summed E-state index contributed by atoms with van der Waals surface area (Å²) in [6.45, 7) is 5.10. The summed E-state index contributed by atoms with van der Waals surface area (Å²) in [7, 11) is 0. The quantitative estimate of drug-likeness (QED) is 0.691. The topological polar surface area (TPSA) is 71.1 Å². The molecule has 0 aliphatic heterocycles. The summed E-state index contributed by atoms with van der Waals surface area (Å²) < 4.78 is 13.0. The number of nitriles is 2.